The number of ether oxygens (including phenoxy) is 2. The molecule has 0 aromatic heterocycles. The van der Waals surface area contributed by atoms with Gasteiger partial charge in [0, 0.05) is 6.42 Å². The molecule has 1 aliphatic carbocycles. The van der Waals surface area contributed by atoms with E-state index in [0.717, 1.165) is 5.75 Å². The molecule has 1 aliphatic rings. The van der Waals surface area contributed by atoms with Crippen LogP contribution in [-0.2, 0) is 9.53 Å². The minimum atomic E-state index is -0.0865. The van der Waals surface area contributed by atoms with Crippen molar-refractivity contribution in [2.75, 3.05) is 13.7 Å². The Morgan fingerprint density at radius 2 is 1.89 bits per heavy atom. The molecule has 2 atom stereocenters. The van der Waals surface area contributed by atoms with Crippen LogP contribution in [0.3, 0.4) is 0 Å². The zero-order valence-electron chi connectivity index (χ0n) is 12.1. The minimum Gasteiger partial charge on any atom is -0.497 e. The lowest BCUT2D eigenvalue weighted by atomic mass is 10.0. The summed E-state index contributed by atoms with van der Waals surface area (Å²) >= 11 is 0. The zero-order chi connectivity index (χ0) is 14.0. The van der Waals surface area contributed by atoms with E-state index in [9.17, 15) is 4.79 Å². The number of methoxy groups -OCH3 is 1. The van der Waals surface area contributed by atoms with Crippen LogP contribution in [0.15, 0.2) is 24.3 Å². The molecule has 0 aliphatic heterocycles. The Bertz CT molecular complexity index is 448. The molecule has 0 unspecified atom stereocenters. The van der Waals surface area contributed by atoms with Gasteiger partial charge in [0.15, 0.2) is 0 Å². The Kier molecular flexibility index (Phi) is 3.83. The number of rotatable bonds is 5. The molecule has 0 saturated heterocycles. The number of benzene rings is 1. The summed E-state index contributed by atoms with van der Waals surface area (Å²) in [4.78, 5) is 11.6. The maximum absolute atomic E-state index is 11.6. The average molecular weight is 262 g/mol. The van der Waals surface area contributed by atoms with Gasteiger partial charge < -0.3 is 9.47 Å². The van der Waals surface area contributed by atoms with Gasteiger partial charge in [0.2, 0.25) is 0 Å². The van der Waals surface area contributed by atoms with Gasteiger partial charge in [-0.2, -0.15) is 0 Å². The summed E-state index contributed by atoms with van der Waals surface area (Å²) in [7, 11) is 1.67. The van der Waals surface area contributed by atoms with E-state index in [-0.39, 0.29) is 11.4 Å². The first-order chi connectivity index (χ1) is 9.00. The monoisotopic (exact) mass is 262 g/mol. The summed E-state index contributed by atoms with van der Waals surface area (Å²) in [5.41, 5.74) is 1.45. The van der Waals surface area contributed by atoms with Gasteiger partial charge in [-0.3, -0.25) is 4.79 Å². The highest BCUT2D eigenvalue weighted by Gasteiger charge is 2.58. The van der Waals surface area contributed by atoms with Crippen LogP contribution in [0.4, 0.5) is 0 Å². The molecule has 0 spiro atoms. The number of carbonyl (C=O) groups is 1. The van der Waals surface area contributed by atoms with Gasteiger partial charge in [-0.15, -0.1) is 0 Å². The normalized spacial score (nSPS) is 23.8. The molecule has 3 heteroatoms. The first-order valence-electron chi connectivity index (χ1n) is 6.80. The van der Waals surface area contributed by atoms with E-state index in [1.807, 2.05) is 19.1 Å². The SMILES string of the molecule is CCOC(=O)C[C@H]1[C@@H](c2ccc(OC)cc2)C1(C)C. The average Bonchev–Trinajstić information content (AvgIpc) is 2.91. The molecule has 19 heavy (non-hydrogen) atoms. The van der Waals surface area contributed by atoms with Gasteiger partial charge in [0.25, 0.3) is 0 Å². The van der Waals surface area contributed by atoms with Crippen LogP contribution < -0.4 is 4.74 Å². The van der Waals surface area contributed by atoms with Crippen LogP contribution in [0.5, 0.6) is 5.75 Å². The third-order valence-corrected chi connectivity index (χ3v) is 4.22. The van der Waals surface area contributed by atoms with E-state index < -0.39 is 0 Å². The summed E-state index contributed by atoms with van der Waals surface area (Å²) < 4.78 is 10.2. The van der Waals surface area contributed by atoms with Gasteiger partial charge in [-0.05, 0) is 41.9 Å². The highest BCUT2D eigenvalue weighted by atomic mass is 16.5. The van der Waals surface area contributed by atoms with E-state index in [0.29, 0.717) is 24.9 Å². The lowest BCUT2D eigenvalue weighted by Gasteiger charge is -2.04. The predicted octanol–water partition coefficient (Wildman–Crippen LogP) is 3.39. The van der Waals surface area contributed by atoms with Crippen molar-refractivity contribution in [2.45, 2.75) is 33.1 Å². The van der Waals surface area contributed by atoms with Crippen molar-refractivity contribution in [2.24, 2.45) is 11.3 Å². The van der Waals surface area contributed by atoms with Gasteiger partial charge in [0.05, 0.1) is 13.7 Å². The molecule has 0 amide bonds. The third-order valence-electron chi connectivity index (χ3n) is 4.22. The van der Waals surface area contributed by atoms with Crippen molar-refractivity contribution in [1.29, 1.82) is 0 Å². The fraction of sp³-hybridized carbons (Fsp3) is 0.562. The van der Waals surface area contributed by atoms with Crippen molar-refractivity contribution in [3.05, 3.63) is 29.8 Å². The summed E-state index contributed by atoms with van der Waals surface area (Å²) in [6.45, 7) is 6.73. The first kappa shape index (κ1) is 13.9. The van der Waals surface area contributed by atoms with E-state index in [2.05, 4.69) is 26.0 Å². The van der Waals surface area contributed by atoms with E-state index in [1.54, 1.807) is 7.11 Å². The van der Waals surface area contributed by atoms with E-state index in [1.165, 1.54) is 5.56 Å². The number of esters is 1. The van der Waals surface area contributed by atoms with Gasteiger partial charge >= 0.3 is 5.97 Å². The van der Waals surface area contributed by atoms with Crippen molar-refractivity contribution in [3.63, 3.8) is 0 Å². The van der Waals surface area contributed by atoms with Crippen LogP contribution in [0.2, 0.25) is 0 Å². The molecule has 1 saturated carbocycles. The van der Waals surface area contributed by atoms with Crippen molar-refractivity contribution in [1.82, 2.24) is 0 Å². The Morgan fingerprint density at radius 1 is 1.26 bits per heavy atom. The molecule has 2 rings (SSSR count). The second kappa shape index (κ2) is 5.24. The van der Waals surface area contributed by atoms with E-state index >= 15 is 0 Å². The molecular formula is C16H22O3. The molecule has 0 heterocycles. The molecule has 1 fully saturated rings. The summed E-state index contributed by atoms with van der Waals surface area (Å²) in [6, 6.07) is 8.14. The van der Waals surface area contributed by atoms with Crippen molar-refractivity contribution < 1.29 is 14.3 Å². The van der Waals surface area contributed by atoms with Crippen LogP contribution in [0.1, 0.15) is 38.7 Å². The first-order valence-corrected chi connectivity index (χ1v) is 6.80. The molecule has 3 nitrogen and oxygen atoms in total. The second-order valence-electron chi connectivity index (χ2n) is 5.69. The largest absolute Gasteiger partial charge is 0.497 e. The van der Waals surface area contributed by atoms with Crippen LogP contribution in [-0.4, -0.2) is 19.7 Å². The summed E-state index contributed by atoms with van der Waals surface area (Å²) in [5.74, 6) is 1.59. The van der Waals surface area contributed by atoms with Crippen molar-refractivity contribution >= 4 is 5.97 Å². The Balaban J connectivity index is 2.06. The van der Waals surface area contributed by atoms with Crippen LogP contribution in [0, 0.1) is 11.3 Å². The molecule has 1 aromatic carbocycles. The summed E-state index contributed by atoms with van der Waals surface area (Å²) in [5, 5.41) is 0. The number of carbonyl (C=O) groups excluding carboxylic acids is 1. The van der Waals surface area contributed by atoms with Gasteiger partial charge in [-0.25, -0.2) is 0 Å². The quantitative estimate of drug-likeness (QED) is 0.763. The van der Waals surface area contributed by atoms with Gasteiger partial charge in [-0.1, -0.05) is 26.0 Å². The standard InChI is InChI=1S/C16H22O3/c1-5-19-14(17)10-13-15(16(13,2)3)11-6-8-12(18-4)9-7-11/h6-9,13,15H,5,10H2,1-4H3/t13-,15+/m0/s1. The molecule has 1 aromatic rings. The summed E-state index contributed by atoms with van der Waals surface area (Å²) in [6.07, 6.45) is 0.511. The van der Waals surface area contributed by atoms with E-state index in [4.69, 9.17) is 9.47 Å². The van der Waals surface area contributed by atoms with Crippen LogP contribution in [0.25, 0.3) is 0 Å². The molecule has 0 N–H and O–H groups in total. The lowest BCUT2D eigenvalue weighted by molar-refractivity contribution is -0.143. The number of hydrogen-bond acceptors (Lipinski definition) is 3. The third kappa shape index (κ3) is 2.75. The molecule has 0 radical (unpaired) electrons. The highest BCUT2D eigenvalue weighted by molar-refractivity contribution is 5.70. The fourth-order valence-electron chi connectivity index (χ4n) is 3.00. The van der Waals surface area contributed by atoms with Gasteiger partial charge in [0.1, 0.15) is 5.75 Å². The molecular weight excluding hydrogens is 240 g/mol. The Hall–Kier alpha value is -1.51. The molecule has 0 bridgehead atoms. The molecule has 104 valence electrons. The smallest absolute Gasteiger partial charge is 0.306 e. The predicted molar refractivity (Wildman–Crippen MR) is 74.3 cm³/mol. The Labute approximate surface area is 114 Å². The maximum Gasteiger partial charge on any atom is 0.306 e. The highest BCUT2D eigenvalue weighted by Crippen LogP contribution is 2.65. The number of hydrogen-bond donors (Lipinski definition) is 0. The lowest BCUT2D eigenvalue weighted by Crippen LogP contribution is -2.06. The second-order valence-corrected chi connectivity index (χ2v) is 5.69. The van der Waals surface area contributed by atoms with Crippen LogP contribution >= 0.6 is 0 Å². The topological polar surface area (TPSA) is 35.5 Å². The Morgan fingerprint density at radius 3 is 2.42 bits per heavy atom. The zero-order valence-corrected chi connectivity index (χ0v) is 12.1. The maximum atomic E-state index is 11.6. The minimum absolute atomic E-state index is 0.0865. The fourth-order valence-corrected chi connectivity index (χ4v) is 3.00. The van der Waals surface area contributed by atoms with Crippen molar-refractivity contribution in [3.8, 4) is 5.75 Å².